The zero-order valence-corrected chi connectivity index (χ0v) is 9.20. The molecular weight excluding hydrogens is 211 g/mol. The molecule has 0 radical (unpaired) electrons. The number of hydrogen-bond acceptors (Lipinski definition) is 3. The van der Waals surface area contributed by atoms with Crippen molar-refractivity contribution >= 4 is 5.69 Å². The van der Waals surface area contributed by atoms with E-state index in [1.165, 1.54) is 12.1 Å². The number of halogens is 1. The van der Waals surface area contributed by atoms with Crippen LogP contribution in [0, 0.1) is 15.9 Å². The predicted molar refractivity (Wildman–Crippen MR) is 59.7 cm³/mol. The van der Waals surface area contributed by atoms with Gasteiger partial charge in [-0.1, -0.05) is 25.5 Å². The van der Waals surface area contributed by atoms with Crippen LogP contribution in [0.4, 0.5) is 10.1 Å². The predicted octanol–water partition coefficient (Wildman–Crippen LogP) is 2.62. The lowest BCUT2D eigenvalue weighted by atomic mass is 10.2. The molecular formula is C11H15FN2O2. The van der Waals surface area contributed by atoms with Crippen molar-refractivity contribution in [2.45, 2.75) is 26.3 Å². The molecule has 4 nitrogen and oxygen atoms in total. The van der Waals surface area contributed by atoms with Crippen molar-refractivity contribution < 1.29 is 9.31 Å². The van der Waals surface area contributed by atoms with E-state index in [2.05, 4.69) is 12.2 Å². The first kappa shape index (κ1) is 12.6. The zero-order valence-electron chi connectivity index (χ0n) is 9.20. The first-order valence-corrected chi connectivity index (χ1v) is 5.29. The van der Waals surface area contributed by atoms with E-state index in [1.54, 1.807) is 6.07 Å². The smallest absolute Gasteiger partial charge is 0.305 e. The molecule has 1 aromatic carbocycles. The van der Waals surface area contributed by atoms with Crippen LogP contribution < -0.4 is 5.32 Å². The Kier molecular flexibility index (Phi) is 4.85. The van der Waals surface area contributed by atoms with Gasteiger partial charge in [-0.05, 0) is 13.0 Å². The fourth-order valence-electron chi connectivity index (χ4n) is 1.37. The Labute approximate surface area is 93.6 Å². The van der Waals surface area contributed by atoms with Crippen molar-refractivity contribution in [1.29, 1.82) is 0 Å². The zero-order chi connectivity index (χ0) is 12.0. The summed E-state index contributed by atoms with van der Waals surface area (Å²) in [5, 5.41) is 13.5. The van der Waals surface area contributed by atoms with Gasteiger partial charge in [-0.25, -0.2) is 0 Å². The van der Waals surface area contributed by atoms with Gasteiger partial charge in [-0.3, -0.25) is 10.1 Å². The molecule has 0 aliphatic heterocycles. The summed E-state index contributed by atoms with van der Waals surface area (Å²) in [6, 6.07) is 4.23. The summed E-state index contributed by atoms with van der Waals surface area (Å²) in [5.74, 6) is -0.739. The third-order valence-electron chi connectivity index (χ3n) is 2.28. The number of rotatable bonds is 6. The van der Waals surface area contributed by atoms with Crippen LogP contribution in [-0.2, 0) is 6.54 Å². The van der Waals surface area contributed by atoms with Gasteiger partial charge < -0.3 is 5.32 Å². The summed E-state index contributed by atoms with van der Waals surface area (Å²) in [6.45, 7) is 3.18. The molecule has 0 unspecified atom stereocenters. The molecule has 0 saturated heterocycles. The molecule has 0 amide bonds. The van der Waals surface area contributed by atoms with Crippen LogP contribution in [0.5, 0.6) is 0 Å². The van der Waals surface area contributed by atoms with Crippen molar-refractivity contribution in [2.24, 2.45) is 0 Å². The van der Waals surface area contributed by atoms with Crippen molar-refractivity contribution in [1.82, 2.24) is 5.32 Å². The Hall–Kier alpha value is -1.49. The number of nitrogens with zero attached hydrogens (tertiary/aromatic N) is 1. The van der Waals surface area contributed by atoms with E-state index in [1.807, 2.05) is 0 Å². The number of nitro groups is 1. The lowest BCUT2D eigenvalue weighted by Crippen LogP contribution is -2.15. The van der Waals surface area contributed by atoms with Crippen molar-refractivity contribution in [3.8, 4) is 0 Å². The van der Waals surface area contributed by atoms with Crippen molar-refractivity contribution in [3.05, 3.63) is 39.7 Å². The van der Waals surface area contributed by atoms with Gasteiger partial charge in [0.2, 0.25) is 5.82 Å². The largest absolute Gasteiger partial charge is 0.313 e. The number of hydrogen-bond donors (Lipinski definition) is 1. The van der Waals surface area contributed by atoms with Crippen LogP contribution in [0.2, 0.25) is 0 Å². The number of unbranched alkanes of at least 4 members (excludes halogenated alkanes) is 1. The third-order valence-corrected chi connectivity index (χ3v) is 2.28. The van der Waals surface area contributed by atoms with E-state index in [4.69, 9.17) is 0 Å². The summed E-state index contributed by atoms with van der Waals surface area (Å²) >= 11 is 0. The first-order chi connectivity index (χ1) is 7.66. The van der Waals surface area contributed by atoms with E-state index in [9.17, 15) is 14.5 Å². The summed E-state index contributed by atoms with van der Waals surface area (Å²) in [6.07, 6.45) is 2.07. The van der Waals surface area contributed by atoms with Gasteiger partial charge in [0, 0.05) is 18.2 Å². The molecule has 0 atom stereocenters. The molecule has 1 rings (SSSR count). The van der Waals surface area contributed by atoms with E-state index >= 15 is 0 Å². The molecule has 0 bridgehead atoms. The average molecular weight is 226 g/mol. The lowest BCUT2D eigenvalue weighted by Gasteiger charge is -2.05. The fraction of sp³-hybridized carbons (Fsp3) is 0.455. The maximum atomic E-state index is 13.6. The topological polar surface area (TPSA) is 55.2 Å². The Morgan fingerprint density at radius 1 is 1.50 bits per heavy atom. The lowest BCUT2D eigenvalue weighted by molar-refractivity contribution is -0.387. The van der Waals surface area contributed by atoms with Crippen LogP contribution in [-0.4, -0.2) is 11.5 Å². The highest BCUT2D eigenvalue weighted by atomic mass is 19.1. The number of nitrogens with one attached hydrogen (secondary N) is 1. The molecule has 1 aromatic rings. The molecule has 1 N–H and O–H groups in total. The van der Waals surface area contributed by atoms with E-state index < -0.39 is 16.4 Å². The van der Waals surface area contributed by atoms with Gasteiger partial charge >= 0.3 is 5.69 Å². The summed E-state index contributed by atoms with van der Waals surface area (Å²) < 4.78 is 13.6. The standard InChI is InChI=1S/C11H15FN2O2/c1-2-3-7-13-8-9-5-4-6-10(11(9)12)14(15)16/h4-6,13H,2-3,7-8H2,1H3. The Morgan fingerprint density at radius 3 is 2.88 bits per heavy atom. The first-order valence-electron chi connectivity index (χ1n) is 5.29. The second-order valence-corrected chi connectivity index (χ2v) is 3.54. The van der Waals surface area contributed by atoms with Crippen molar-refractivity contribution in [2.75, 3.05) is 6.54 Å². The minimum absolute atomic E-state index is 0.327. The van der Waals surface area contributed by atoms with Crippen LogP contribution in [0.1, 0.15) is 25.3 Å². The molecule has 0 aromatic heterocycles. The Balaban J connectivity index is 2.66. The van der Waals surface area contributed by atoms with Gasteiger partial charge in [0.05, 0.1) is 4.92 Å². The summed E-state index contributed by atoms with van der Waals surface area (Å²) in [4.78, 5) is 9.79. The molecule has 0 fully saturated rings. The second kappa shape index (κ2) is 6.17. The molecule has 0 aliphatic carbocycles. The highest BCUT2D eigenvalue weighted by Crippen LogP contribution is 2.19. The maximum absolute atomic E-state index is 13.6. The van der Waals surface area contributed by atoms with Gasteiger partial charge in [-0.2, -0.15) is 4.39 Å². The molecule has 0 spiro atoms. The van der Waals surface area contributed by atoms with Crippen LogP contribution >= 0.6 is 0 Å². The van der Waals surface area contributed by atoms with Crippen molar-refractivity contribution in [3.63, 3.8) is 0 Å². The van der Waals surface area contributed by atoms with Gasteiger partial charge in [0.1, 0.15) is 0 Å². The monoisotopic (exact) mass is 226 g/mol. The Morgan fingerprint density at radius 2 is 2.25 bits per heavy atom. The second-order valence-electron chi connectivity index (χ2n) is 3.54. The van der Waals surface area contributed by atoms with Gasteiger partial charge in [-0.15, -0.1) is 0 Å². The van der Waals surface area contributed by atoms with Crippen LogP contribution in [0.25, 0.3) is 0 Å². The summed E-state index contributed by atoms with van der Waals surface area (Å²) in [7, 11) is 0. The SMILES string of the molecule is CCCCNCc1cccc([N+](=O)[O-])c1F. The molecule has 88 valence electrons. The third kappa shape index (κ3) is 3.27. The van der Waals surface area contributed by atoms with E-state index in [-0.39, 0.29) is 0 Å². The van der Waals surface area contributed by atoms with Crippen LogP contribution in [0.3, 0.4) is 0 Å². The van der Waals surface area contributed by atoms with E-state index in [0.29, 0.717) is 12.1 Å². The summed E-state index contributed by atoms with van der Waals surface area (Å²) in [5.41, 5.74) is -0.125. The minimum Gasteiger partial charge on any atom is -0.313 e. The highest BCUT2D eigenvalue weighted by Gasteiger charge is 2.16. The van der Waals surface area contributed by atoms with Gasteiger partial charge in [0.25, 0.3) is 0 Å². The minimum atomic E-state index is -0.739. The normalized spacial score (nSPS) is 10.4. The average Bonchev–Trinajstić information content (AvgIpc) is 2.26. The molecule has 0 aliphatic rings. The van der Waals surface area contributed by atoms with E-state index in [0.717, 1.165) is 19.4 Å². The number of benzene rings is 1. The molecule has 0 heterocycles. The van der Waals surface area contributed by atoms with Gasteiger partial charge in [0.15, 0.2) is 0 Å². The quantitative estimate of drug-likeness (QED) is 0.461. The Bertz CT molecular complexity index is 369. The highest BCUT2D eigenvalue weighted by molar-refractivity contribution is 5.36. The maximum Gasteiger partial charge on any atom is 0.305 e. The fourth-order valence-corrected chi connectivity index (χ4v) is 1.37. The molecule has 16 heavy (non-hydrogen) atoms. The molecule has 5 heteroatoms. The number of nitro benzene ring substituents is 1. The molecule has 0 saturated carbocycles. The van der Waals surface area contributed by atoms with Crippen LogP contribution in [0.15, 0.2) is 18.2 Å².